The summed E-state index contributed by atoms with van der Waals surface area (Å²) < 4.78 is 0. The van der Waals surface area contributed by atoms with Crippen molar-refractivity contribution in [1.29, 1.82) is 0 Å². The fraction of sp³-hybridized carbons (Fsp3) is 0.429. The van der Waals surface area contributed by atoms with Gasteiger partial charge in [0.2, 0.25) is 0 Å². The van der Waals surface area contributed by atoms with Crippen molar-refractivity contribution in [3.63, 3.8) is 0 Å². The molecule has 27 heavy (non-hydrogen) atoms. The minimum Gasteiger partial charge on any atom is -0.368 e. The highest BCUT2D eigenvalue weighted by Crippen LogP contribution is 2.22. The normalized spacial score (nSPS) is 17.9. The van der Waals surface area contributed by atoms with Crippen LogP contribution in [0.2, 0.25) is 5.02 Å². The van der Waals surface area contributed by atoms with E-state index in [0.29, 0.717) is 5.56 Å². The summed E-state index contributed by atoms with van der Waals surface area (Å²) in [6.45, 7) is 5.39. The van der Waals surface area contributed by atoms with Crippen LogP contribution in [0.5, 0.6) is 0 Å². The van der Waals surface area contributed by atoms with Gasteiger partial charge < -0.3 is 14.7 Å². The van der Waals surface area contributed by atoms with E-state index < -0.39 is 0 Å². The van der Waals surface area contributed by atoms with Gasteiger partial charge in [0, 0.05) is 56.2 Å². The summed E-state index contributed by atoms with van der Waals surface area (Å²) in [6, 6.07) is 11.9. The van der Waals surface area contributed by atoms with Gasteiger partial charge in [0.1, 0.15) is 5.82 Å². The molecule has 0 radical (unpaired) electrons. The second-order valence-electron chi connectivity index (χ2n) is 7.21. The molecule has 0 N–H and O–H groups in total. The number of rotatable bonds is 3. The lowest BCUT2D eigenvalue weighted by Gasteiger charge is -2.36. The third kappa shape index (κ3) is 4.19. The van der Waals surface area contributed by atoms with Gasteiger partial charge in [-0.3, -0.25) is 4.79 Å². The van der Waals surface area contributed by atoms with Crippen LogP contribution in [-0.4, -0.2) is 55.1 Å². The van der Waals surface area contributed by atoms with Crippen molar-refractivity contribution in [1.82, 2.24) is 9.88 Å². The molecule has 0 spiro atoms. The Morgan fingerprint density at radius 3 is 2.30 bits per heavy atom. The minimum absolute atomic E-state index is 0.111. The van der Waals surface area contributed by atoms with Gasteiger partial charge in [0.05, 0.1) is 5.56 Å². The van der Waals surface area contributed by atoms with Crippen LogP contribution in [0.4, 0.5) is 11.5 Å². The molecule has 1 aromatic heterocycles. The summed E-state index contributed by atoms with van der Waals surface area (Å²) >= 11 is 6.11. The van der Waals surface area contributed by atoms with Gasteiger partial charge in [-0.1, -0.05) is 17.7 Å². The quantitative estimate of drug-likeness (QED) is 0.809. The van der Waals surface area contributed by atoms with E-state index in [1.165, 1.54) is 6.42 Å². The zero-order chi connectivity index (χ0) is 18.6. The summed E-state index contributed by atoms with van der Waals surface area (Å²) in [5.41, 5.74) is 1.86. The fourth-order valence-electron chi connectivity index (χ4n) is 3.85. The maximum atomic E-state index is 12.6. The van der Waals surface area contributed by atoms with Crippen LogP contribution in [0.3, 0.4) is 0 Å². The Morgan fingerprint density at radius 1 is 0.889 bits per heavy atom. The molecule has 0 aliphatic carbocycles. The third-order valence-corrected chi connectivity index (χ3v) is 5.65. The molecule has 3 heterocycles. The molecule has 0 bridgehead atoms. The van der Waals surface area contributed by atoms with Crippen LogP contribution in [-0.2, 0) is 0 Å². The predicted molar refractivity (Wildman–Crippen MR) is 110 cm³/mol. The van der Waals surface area contributed by atoms with E-state index in [2.05, 4.69) is 20.9 Å². The zero-order valence-corrected chi connectivity index (χ0v) is 16.2. The number of piperazine rings is 1. The van der Waals surface area contributed by atoms with Gasteiger partial charge in [0.15, 0.2) is 0 Å². The molecular formula is C21H25ClN4O. The first-order valence-electron chi connectivity index (χ1n) is 9.71. The number of nitrogens with zero attached hydrogens (tertiary/aromatic N) is 4. The highest BCUT2D eigenvalue weighted by atomic mass is 35.5. The van der Waals surface area contributed by atoms with E-state index in [4.69, 9.17) is 11.6 Å². The Labute approximate surface area is 165 Å². The van der Waals surface area contributed by atoms with Gasteiger partial charge in [-0.05, 0) is 49.6 Å². The number of piperidine rings is 1. The smallest absolute Gasteiger partial charge is 0.255 e. The van der Waals surface area contributed by atoms with Crippen molar-refractivity contribution >= 4 is 29.0 Å². The van der Waals surface area contributed by atoms with Crippen LogP contribution in [0.1, 0.15) is 29.6 Å². The van der Waals surface area contributed by atoms with Gasteiger partial charge in [-0.15, -0.1) is 0 Å². The monoisotopic (exact) mass is 384 g/mol. The van der Waals surface area contributed by atoms with Gasteiger partial charge in [-0.25, -0.2) is 4.98 Å². The predicted octanol–water partition coefficient (Wildman–Crippen LogP) is 3.69. The number of hydrogen-bond acceptors (Lipinski definition) is 4. The Hall–Kier alpha value is -2.27. The standard InChI is InChI=1S/C21H25ClN4O/c22-18-5-4-6-19(15-18)24-11-13-25(14-12-24)20-8-7-17(16-23-20)21(27)26-9-2-1-3-10-26/h4-8,15-16H,1-3,9-14H2. The number of hydrogen-bond donors (Lipinski definition) is 0. The average molecular weight is 385 g/mol. The lowest BCUT2D eigenvalue weighted by Crippen LogP contribution is -2.46. The summed E-state index contributed by atoms with van der Waals surface area (Å²) in [6.07, 6.45) is 5.17. The van der Waals surface area contributed by atoms with Crippen LogP contribution in [0.25, 0.3) is 0 Å². The van der Waals surface area contributed by atoms with E-state index in [9.17, 15) is 4.79 Å². The molecule has 6 heteroatoms. The maximum Gasteiger partial charge on any atom is 0.255 e. The largest absolute Gasteiger partial charge is 0.368 e. The number of likely N-dealkylation sites (tertiary alicyclic amines) is 1. The van der Waals surface area contributed by atoms with Gasteiger partial charge in [0.25, 0.3) is 5.91 Å². The highest BCUT2D eigenvalue weighted by Gasteiger charge is 2.21. The number of carbonyl (C=O) groups is 1. The minimum atomic E-state index is 0.111. The summed E-state index contributed by atoms with van der Waals surface area (Å²) in [5, 5.41) is 0.769. The second kappa shape index (κ2) is 8.17. The average Bonchev–Trinajstić information content (AvgIpc) is 2.74. The van der Waals surface area contributed by atoms with E-state index in [0.717, 1.165) is 68.6 Å². The van der Waals surface area contributed by atoms with Gasteiger partial charge >= 0.3 is 0 Å². The first kappa shape index (κ1) is 18.1. The third-order valence-electron chi connectivity index (χ3n) is 5.42. The Morgan fingerprint density at radius 2 is 1.63 bits per heavy atom. The molecular weight excluding hydrogens is 360 g/mol. The molecule has 1 aromatic carbocycles. The number of pyridine rings is 1. The van der Waals surface area contributed by atoms with Crippen molar-refractivity contribution in [3.8, 4) is 0 Å². The Kier molecular flexibility index (Phi) is 5.48. The number of benzene rings is 1. The maximum absolute atomic E-state index is 12.6. The molecule has 2 aliphatic heterocycles. The van der Waals surface area contributed by atoms with Crippen LogP contribution < -0.4 is 9.80 Å². The topological polar surface area (TPSA) is 39.7 Å². The molecule has 1 amide bonds. The number of aromatic nitrogens is 1. The molecule has 4 rings (SSSR count). The number of halogens is 1. The summed E-state index contributed by atoms with van der Waals surface area (Å²) in [4.78, 5) is 23.7. The van der Waals surface area contributed by atoms with Crippen LogP contribution in [0.15, 0.2) is 42.6 Å². The van der Waals surface area contributed by atoms with E-state index in [-0.39, 0.29) is 5.91 Å². The van der Waals surface area contributed by atoms with E-state index in [1.807, 2.05) is 35.2 Å². The van der Waals surface area contributed by atoms with Crippen LogP contribution >= 0.6 is 11.6 Å². The second-order valence-corrected chi connectivity index (χ2v) is 7.65. The van der Waals surface area contributed by atoms with E-state index >= 15 is 0 Å². The lowest BCUT2D eigenvalue weighted by atomic mass is 10.1. The Balaban J connectivity index is 1.36. The molecule has 0 unspecified atom stereocenters. The lowest BCUT2D eigenvalue weighted by molar-refractivity contribution is 0.0724. The molecule has 2 aromatic rings. The number of anilines is 2. The summed E-state index contributed by atoms with van der Waals surface area (Å²) in [5.74, 6) is 1.05. The molecule has 142 valence electrons. The van der Waals surface area contributed by atoms with Crippen molar-refractivity contribution in [2.45, 2.75) is 19.3 Å². The highest BCUT2D eigenvalue weighted by molar-refractivity contribution is 6.30. The van der Waals surface area contributed by atoms with Crippen molar-refractivity contribution in [2.75, 3.05) is 49.1 Å². The number of carbonyl (C=O) groups excluding carboxylic acids is 1. The molecule has 2 fully saturated rings. The van der Waals surface area contributed by atoms with Crippen molar-refractivity contribution in [2.24, 2.45) is 0 Å². The molecule has 0 saturated carbocycles. The first-order chi connectivity index (χ1) is 13.2. The zero-order valence-electron chi connectivity index (χ0n) is 15.5. The molecule has 2 aliphatic rings. The van der Waals surface area contributed by atoms with E-state index in [1.54, 1.807) is 6.20 Å². The molecule has 0 atom stereocenters. The SMILES string of the molecule is O=C(c1ccc(N2CCN(c3cccc(Cl)c3)CC2)nc1)N1CCCCC1. The Bertz CT molecular complexity index is 781. The first-order valence-corrected chi connectivity index (χ1v) is 10.1. The van der Waals surface area contributed by atoms with Crippen molar-refractivity contribution < 1.29 is 4.79 Å². The summed E-state index contributed by atoms with van der Waals surface area (Å²) in [7, 11) is 0. The van der Waals surface area contributed by atoms with Crippen LogP contribution in [0, 0.1) is 0 Å². The number of amides is 1. The molecule has 5 nitrogen and oxygen atoms in total. The fourth-order valence-corrected chi connectivity index (χ4v) is 4.03. The van der Waals surface area contributed by atoms with Crippen molar-refractivity contribution in [3.05, 3.63) is 53.2 Å². The van der Waals surface area contributed by atoms with Gasteiger partial charge in [-0.2, -0.15) is 0 Å². The molecule has 2 saturated heterocycles.